The second kappa shape index (κ2) is 5.35. The van der Waals surface area contributed by atoms with E-state index >= 15 is 0 Å². The van der Waals surface area contributed by atoms with Crippen molar-refractivity contribution >= 4 is 33.9 Å². The Kier molecular flexibility index (Phi) is 3.43. The lowest BCUT2D eigenvalue weighted by Crippen LogP contribution is -2.18. The monoisotopic (exact) mass is 346 g/mol. The zero-order chi connectivity index (χ0) is 16.1. The molecule has 4 nitrogen and oxygen atoms in total. The lowest BCUT2D eigenvalue weighted by atomic mass is 9.91. The highest BCUT2D eigenvalue weighted by molar-refractivity contribution is 7.17. The fourth-order valence-electron chi connectivity index (χ4n) is 3.23. The van der Waals surface area contributed by atoms with Crippen molar-refractivity contribution < 1.29 is 9.90 Å². The van der Waals surface area contributed by atoms with Gasteiger partial charge >= 0.3 is 5.97 Å². The summed E-state index contributed by atoms with van der Waals surface area (Å²) in [4.78, 5) is 18.3. The van der Waals surface area contributed by atoms with Gasteiger partial charge in [0.1, 0.15) is 0 Å². The van der Waals surface area contributed by atoms with E-state index in [1.807, 2.05) is 35.7 Å². The minimum Gasteiger partial charge on any atom is -0.481 e. The molecule has 1 aliphatic carbocycles. The molecule has 1 unspecified atom stereocenters. The van der Waals surface area contributed by atoms with Crippen molar-refractivity contribution in [3.63, 3.8) is 0 Å². The Morgan fingerprint density at radius 1 is 1.48 bits per heavy atom. The molecule has 0 bridgehead atoms. The van der Waals surface area contributed by atoms with Crippen molar-refractivity contribution in [2.24, 2.45) is 0 Å². The first-order chi connectivity index (χ1) is 11.0. The molecular weight excluding hydrogens is 332 g/mol. The largest absolute Gasteiger partial charge is 0.481 e. The minimum absolute atomic E-state index is 0.429. The van der Waals surface area contributed by atoms with E-state index in [0.29, 0.717) is 6.42 Å². The number of thiazole rings is 1. The van der Waals surface area contributed by atoms with E-state index in [1.165, 1.54) is 0 Å². The van der Waals surface area contributed by atoms with Gasteiger partial charge in [0.15, 0.2) is 4.96 Å². The SMILES string of the molecule is Cc1cc(-c2cn3c4c(sc3n2)CCCC4C(=O)O)ccc1Cl. The summed E-state index contributed by atoms with van der Waals surface area (Å²) in [5.74, 6) is -1.18. The van der Waals surface area contributed by atoms with E-state index in [9.17, 15) is 9.90 Å². The normalized spacial score (nSPS) is 17.4. The minimum atomic E-state index is -0.747. The third-order valence-corrected chi connectivity index (χ3v) is 5.97. The molecule has 0 saturated carbocycles. The highest BCUT2D eigenvalue weighted by atomic mass is 35.5. The van der Waals surface area contributed by atoms with Crippen molar-refractivity contribution in [3.8, 4) is 11.3 Å². The molecule has 0 spiro atoms. The lowest BCUT2D eigenvalue weighted by Gasteiger charge is -2.18. The summed E-state index contributed by atoms with van der Waals surface area (Å²) in [6.07, 6.45) is 4.52. The van der Waals surface area contributed by atoms with Gasteiger partial charge in [0.25, 0.3) is 0 Å². The van der Waals surface area contributed by atoms with E-state index in [4.69, 9.17) is 16.6 Å². The van der Waals surface area contributed by atoms with Crippen molar-refractivity contribution in [2.45, 2.75) is 32.1 Å². The number of carbonyl (C=O) groups is 1. The molecule has 6 heteroatoms. The summed E-state index contributed by atoms with van der Waals surface area (Å²) in [5, 5.41) is 10.2. The van der Waals surface area contributed by atoms with Crippen LogP contribution in [0.15, 0.2) is 24.4 Å². The zero-order valence-electron chi connectivity index (χ0n) is 12.5. The smallest absolute Gasteiger partial charge is 0.312 e. The van der Waals surface area contributed by atoms with E-state index in [1.54, 1.807) is 11.3 Å². The van der Waals surface area contributed by atoms with Crippen LogP contribution < -0.4 is 0 Å². The van der Waals surface area contributed by atoms with Crippen molar-refractivity contribution in [2.75, 3.05) is 0 Å². The molecule has 2 aromatic heterocycles. The van der Waals surface area contributed by atoms with Gasteiger partial charge in [0.05, 0.1) is 17.3 Å². The molecule has 3 aromatic rings. The number of rotatable bonds is 2. The number of imidazole rings is 1. The van der Waals surface area contributed by atoms with Gasteiger partial charge < -0.3 is 5.11 Å². The Bertz CT molecular complexity index is 928. The Hall–Kier alpha value is -1.85. The average Bonchev–Trinajstić information content (AvgIpc) is 3.07. The first-order valence-corrected chi connectivity index (χ1v) is 8.74. The number of benzene rings is 1. The van der Waals surface area contributed by atoms with E-state index in [-0.39, 0.29) is 0 Å². The molecule has 1 aromatic carbocycles. The molecule has 0 amide bonds. The second-order valence-corrected chi connectivity index (χ2v) is 7.41. The van der Waals surface area contributed by atoms with Crippen molar-refractivity contribution in [3.05, 3.63) is 45.6 Å². The number of halogens is 1. The quantitative estimate of drug-likeness (QED) is 0.741. The molecule has 2 heterocycles. The van der Waals surface area contributed by atoms with Crippen LogP contribution in [0.3, 0.4) is 0 Å². The van der Waals surface area contributed by atoms with Crippen LogP contribution in [0.4, 0.5) is 0 Å². The van der Waals surface area contributed by atoms with Crippen LogP contribution in [0.2, 0.25) is 5.02 Å². The number of fused-ring (bicyclic) bond motifs is 3. The predicted molar refractivity (Wildman–Crippen MR) is 91.6 cm³/mol. The molecule has 23 heavy (non-hydrogen) atoms. The Labute approximate surface area is 142 Å². The van der Waals surface area contributed by atoms with Crippen LogP contribution in [0.5, 0.6) is 0 Å². The molecule has 1 atom stereocenters. The van der Waals surface area contributed by atoms with Crippen LogP contribution in [0.1, 0.15) is 34.9 Å². The van der Waals surface area contributed by atoms with Crippen LogP contribution in [-0.2, 0) is 11.2 Å². The summed E-state index contributed by atoms with van der Waals surface area (Å²) in [6, 6.07) is 5.83. The van der Waals surface area contributed by atoms with Crippen LogP contribution in [0, 0.1) is 6.92 Å². The highest BCUT2D eigenvalue weighted by Crippen LogP contribution is 2.38. The third kappa shape index (κ3) is 2.35. The Balaban J connectivity index is 1.86. The summed E-state index contributed by atoms with van der Waals surface area (Å²) in [7, 11) is 0. The molecule has 0 aliphatic heterocycles. The van der Waals surface area contributed by atoms with Crippen molar-refractivity contribution in [1.29, 1.82) is 0 Å². The Morgan fingerprint density at radius 3 is 3.04 bits per heavy atom. The number of hydrogen-bond donors (Lipinski definition) is 1. The molecule has 0 fully saturated rings. The Morgan fingerprint density at radius 2 is 2.30 bits per heavy atom. The molecule has 118 valence electrons. The maximum Gasteiger partial charge on any atom is 0.312 e. The van der Waals surface area contributed by atoms with Gasteiger partial charge in [-0.05, 0) is 43.9 Å². The van der Waals surface area contributed by atoms with Gasteiger partial charge in [-0.15, -0.1) is 11.3 Å². The number of hydrogen-bond acceptors (Lipinski definition) is 3. The van der Waals surface area contributed by atoms with Crippen LogP contribution in [0.25, 0.3) is 16.2 Å². The molecule has 1 aliphatic rings. The van der Waals surface area contributed by atoms with Gasteiger partial charge in [0, 0.05) is 21.7 Å². The van der Waals surface area contributed by atoms with Gasteiger partial charge in [-0.25, -0.2) is 4.98 Å². The number of aliphatic carboxylic acids is 1. The molecule has 0 radical (unpaired) electrons. The molecule has 0 saturated heterocycles. The van der Waals surface area contributed by atoms with E-state index in [0.717, 1.165) is 50.2 Å². The van der Waals surface area contributed by atoms with Gasteiger partial charge in [0.2, 0.25) is 0 Å². The van der Waals surface area contributed by atoms with Crippen LogP contribution in [-0.4, -0.2) is 20.5 Å². The van der Waals surface area contributed by atoms with E-state index < -0.39 is 11.9 Å². The maximum absolute atomic E-state index is 11.6. The first-order valence-electron chi connectivity index (χ1n) is 7.54. The molecule has 4 rings (SSSR count). The average molecular weight is 347 g/mol. The highest BCUT2D eigenvalue weighted by Gasteiger charge is 2.31. The lowest BCUT2D eigenvalue weighted by molar-refractivity contribution is -0.139. The summed E-state index contributed by atoms with van der Waals surface area (Å²) in [5.41, 5.74) is 3.77. The van der Waals surface area contributed by atoms with Crippen molar-refractivity contribution in [1.82, 2.24) is 9.38 Å². The van der Waals surface area contributed by atoms with Gasteiger partial charge in [-0.3, -0.25) is 9.20 Å². The predicted octanol–water partition coefficient (Wildman–Crippen LogP) is 4.53. The third-order valence-electron chi connectivity index (χ3n) is 4.41. The number of aryl methyl sites for hydroxylation is 2. The maximum atomic E-state index is 11.6. The van der Waals surface area contributed by atoms with Gasteiger partial charge in [-0.2, -0.15) is 0 Å². The number of carboxylic acids is 1. The summed E-state index contributed by atoms with van der Waals surface area (Å²) < 4.78 is 1.97. The topological polar surface area (TPSA) is 54.6 Å². The van der Waals surface area contributed by atoms with Crippen LogP contribution >= 0.6 is 22.9 Å². The molecular formula is C17H15ClN2O2S. The summed E-state index contributed by atoms with van der Waals surface area (Å²) in [6.45, 7) is 1.96. The standard InChI is InChI=1S/C17H15ClN2O2S/c1-9-7-10(5-6-12(9)18)13-8-20-15-11(16(21)22)3-2-4-14(15)23-17(20)19-13/h5-8,11H,2-4H2,1H3,(H,21,22). The molecule has 1 N–H and O–H groups in total. The van der Waals surface area contributed by atoms with Gasteiger partial charge in [-0.1, -0.05) is 17.7 Å². The number of aromatic nitrogens is 2. The fraction of sp³-hybridized carbons (Fsp3) is 0.294. The zero-order valence-corrected chi connectivity index (χ0v) is 14.1. The van der Waals surface area contributed by atoms with E-state index in [2.05, 4.69) is 0 Å². The fourth-order valence-corrected chi connectivity index (χ4v) is 4.56. The number of carboxylic acid groups (broad SMARTS) is 1. The summed E-state index contributed by atoms with van der Waals surface area (Å²) >= 11 is 7.69. The number of nitrogens with zero attached hydrogens (tertiary/aromatic N) is 2. The second-order valence-electron chi connectivity index (χ2n) is 5.94. The first kappa shape index (κ1) is 14.7.